The molecule has 3 heterocycles. The van der Waals surface area contributed by atoms with Gasteiger partial charge in [0.05, 0.1) is 24.9 Å². The first-order valence-electron chi connectivity index (χ1n) is 15.1. The van der Waals surface area contributed by atoms with Gasteiger partial charge in [-0.05, 0) is 61.6 Å². The zero-order chi connectivity index (χ0) is 30.0. The fraction of sp³-hybridized carbons (Fsp3) is 0.545. The number of nitriles is 1. The Morgan fingerprint density at radius 3 is 2.67 bits per heavy atom. The Morgan fingerprint density at radius 2 is 1.98 bits per heavy atom. The molecule has 1 saturated heterocycles. The van der Waals surface area contributed by atoms with Gasteiger partial charge < -0.3 is 19.6 Å². The number of hydrogen-bond acceptors (Lipinski definition) is 7. The smallest absolute Gasteiger partial charge is 0.303 e. The van der Waals surface area contributed by atoms with Crippen LogP contribution in [-0.2, 0) is 16.8 Å². The first kappa shape index (κ1) is 29.6. The van der Waals surface area contributed by atoms with Crippen molar-refractivity contribution in [1.82, 2.24) is 9.88 Å². The van der Waals surface area contributed by atoms with Crippen LogP contribution in [0.3, 0.4) is 0 Å². The first-order valence-corrected chi connectivity index (χ1v) is 15.1. The highest BCUT2D eigenvalue weighted by Gasteiger charge is 2.33. The van der Waals surface area contributed by atoms with E-state index in [-0.39, 0.29) is 30.1 Å². The standard InChI is InChI=1S/C33H41N5O4/c1-33(2,3)25-16-24(28(39)20-38-19-23-9-10-26(22-7-8-22)36-30(23)32(38)35)17-27(37-14-12-21(18-37)11-13-34)31(25)42-15-5-4-6-29(40)41/h9-10,16-17,21-22,35H,4-8,11-12,14-15,18-20H2,1-3H3,(H,40,41). The van der Waals surface area contributed by atoms with Crippen molar-refractivity contribution in [3.8, 4) is 11.8 Å². The molecule has 2 aromatic rings. The van der Waals surface area contributed by atoms with Gasteiger partial charge in [0.2, 0.25) is 0 Å². The lowest BCUT2D eigenvalue weighted by molar-refractivity contribution is -0.137. The number of nitrogens with zero attached hydrogens (tertiary/aromatic N) is 4. The second kappa shape index (κ2) is 12.1. The number of rotatable bonds is 12. The third-order valence-corrected chi connectivity index (χ3v) is 8.47. The van der Waals surface area contributed by atoms with E-state index in [0.29, 0.717) is 62.0 Å². The summed E-state index contributed by atoms with van der Waals surface area (Å²) in [5.41, 5.74) is 4.74. The third-order valence-electron chi connectivity index (χ3n) is 8.47. The van der Waals surface area contributed by atoms with E-state index in [0.717, 1.165) is 54.1 Å². The topological polar surface area (TPSA) is 131 Å². The zero-order valence-electron chi connectivity index (χ0n) is 24.9. The van der Waals surface area contributed by atoms with Crippen LogP contribution < -0.4 is 9.64 Å². The van der Waals surface area contributed by atoms with Crippen LogP contribution in [0.15, 0.2) is 24.3 Å². The van der Waals surface area contributed by atoms with Crippen molar-refractivity contribution in [2.45, 2.75) is 83.6 Å². The van der Waals surface area contributed by atoms with Crippen molar-refractivity contribution >= 4 is 23.3 Å². The van der Waals surface area contributed by atoms with Crippen molar-refractivity contribution in [3.63, 3.8) is 0 Å². The van der Waals surface area contributed by atoms with Crippen LogP contribution in [0.4, 0.5) is 5.69 Å². The monoisotopic (exact) mass is 571 g/mol. The summed E-state index contributed by atoms with van der Waals surface area (Å²) < 4.78 is 6.38. The maximum atomic E-state index is 13.9. The number of fused-ring (bicyclic) bond motifs is 1. The van der Waals surface area contributed by atoms with Crippen LogP contribution in [0.5, 0.6) is 5.75 Å². The van der Waals surface area contributed by atoms with Crippen LogP contribution in [-0.4, -0.2) is 58.8 Å². The molecule has 0 amide bonds. The molecule has 1 saturated carbocycles. The zero-order valence-corrected chi connectivity index (χ0v) is 24.9. The molecule has 2 fully saturated rings. The fourth-order valence-corrected chi connectivity index (χ4v) is 5.89. The van der Waals surface area contributed by atoms with Crippen molar-refractivity contribution in [2.75, 3.05) is 31.1 Å². The normalized spacial score (nSPS) is 18.2. The Hall–Kier alpha value is -3.93. The molecule has 1 unspecified atom stereocenters. The molecule has 42 heavy (non-hydrogen) atoms. The summed E-state index contributed by atoms with van der Waals surface area (Å²) in [6.07, 6.45) is 4.92. The summed E-state index contributed by atoms with van der Waals surface area (Å²) in [4.78, 5) is 33.6. The second-order valence-electron chi connectivity index (χ2n) is 12.9. The highest BCUT2D eigenvalue weighted by Crippen LogP contribution is 2.43. The number of unbranched alkanes of at least 4 members (excludes halogenated alkanes) is 1. The van der Waals surface area contributed by atoms with Gasteiger partial charge in [-0.1, -0.05) is 26.8 Å². The SMILES string of the molecule is CC(C)(C)c1cc(C(=O)CN2Cc3ccc(C4CC4)nc3C2=N)cc(N2CCC(CC#N)C2)c1OCCCCC(=O)O. The minimum absolute atomic E-state index is 0.0671. The van der Waals surface area contributed by atoms with Gasteiger partial charge >= 0.3 is 5.97 Å². The van der Waals surface area contributed by atoms with Crippen molar-refractivity contribution in [2.24, 2.45) is 5.92 Å². The van der Waals surface area contributed by atoms with Crippen LogP contribution in [0.1, 0.15) is 105 Å². The lowest BCUT2D eigenvalue weighted by atomic mass is 9.84. The predicted molar refractivity (Wildman–Crippen MR) is 160 cm³/mol. The average Bonchev–Trinajstić information content (AvgIpc) is 3.61. The predicted octanol–water partition coefficient (Wildman–Crippen LogP) is 5.65. The summed E-state index contributed by atoms with van der Waals surface area (Å²) >= 11 is 0. The molecule has 0 bridgehead atoms. The Morgan fingerprint density at radius 1 is 1.19 bits per heavy atom. The lowest BCUT2D eigenvalue weighted by Crippen LogP contribution is -2.31. The van der Waals surface area contributed by atoms with Gasteiger partial charge in [-0.15, -0.1) is 0 Å². The van der Waals surface area contributed by atoms with Crippen LogP contribution in [0.25, 0.3) is 0 Å². The summed E-state index contributed by atoms with van der Waals surface area (Å²) in [5.74, 6) is 0.907. The maximum absolute atomic E-state index is 13.9. The van der Waals surface area contributed by atoms with E-state index in [1.165, 1.54) is 0 Å². The Balaban J connectivity index is 1.41. The number of anilines is 1. The van der Waals surface area contributed by atoms with E-state index in [9.17, 15) is 14.9 Å². The molecular formula is C33H41N5O4. The van der Waals surface area contributed by atoms with Gasteiger partial charge in [-0.3, -0.25) is 15.0 Å². The molecule has 2 aliphatic heterocycles. The Labute approximate surface area is 248 Å². The van der Waals surface area contributed by atoms with Gasteiger partial charge in [0.1, 0.15) is 17.3 Å². The van der Waals surface area contributed by atoms with E-state index in [1.807, 2.05) is 12.1 Å². The molecule has 1 atom stereocenters. The highest BCUT2D eigenvalue weighted by molar-refractivity contribution is 6.05. The molecule has 2 N–H and O–H groups in total. The van der Waals surface area contributed by atoms with E-state index < -0.39 is 5.97 Å². The number of Topliss-reactive ketones (excluding diaryl/α,β-unsaturated/α-hetero) is 1. The minimum Gasteiger partial charge on any atom is -0.491 e. The van der Waals surface area contributed by atoms with Crippen molar-refractivity contribution in [1.29, 1.82) is 10.7 Å². The number of aliphatic carboxylic acids is 1. The number of ketones is 1. The number of nitrogens with one attached hydrogen (secondary N) is 1. The molecule has 5 rings (SSSR count). The number of amidine groups is 1. The third kappa shape index (κ3) is 6.59. The highest BCUT2D eigenvalue weighted by atomic mass is 16.5. The Bertz CT molecular complexity index is 1420. The van der Waals surface area contributed by atoms with Crippen molar-refractivity contribution < 1.29 is 19.4 Å². The summed E-state index contributed by atoms with van der Waals surface area (Å²) in [6.45, 7) is 8.72. The van der Waals surface area contributed by atoms with Gasteiger partial charge in [0, 0.05) is 60.8 Å². The maximum Gasteiger partial charge on any atom is 0.303 e. The molecular weight excluding hydrogens is 530 g/mol. The largest absolute Gasteiger partial charge is 0.491 e. The van der Waals surface area contributed by atoms with E-state index in [1.54, 1.807) is 4.90 Å². The second-order valence-corrected chi connectivity index (χ2v) is 12.9. The fourth-order valence-electron chi connectivity index (χ4n) is 5.89. The molecule has 222 valence electrons. The van der Waals surface area contributed by atoms with E-state index >= 15 is 0 Å². The van der Waals surface area contributed by atoms with Gasteiger partial charge in [-0.25, -0.2) is 4.98 Å². The summed E-state index contributed by atoms with van der Waals surface area (Å²) in [6, 6.07) is 10.2. The Kier molecular flexibility index (Phi) is 8.53. The number of carboxylic acid groups (broad SMARTS) is 1. The summed E-state index contributed by atoms with van der Waals surface area (Å²) in [7, 11) is 0. The number of aromatic nitrogens is 1. The molecule has 1 aromatic carbocycles. The molecule has 9 heteroatoms. The lowest BCUT2D eigenvalue weighted by Gasteiger charge is -2.30. The molecule has 3 aliphatic rings. The molecule has 1 aromatic heterocycles. The first-order chi connectivity index (χ1) is 20.0. The minimum atomic E-state index is -0.817. The van der Waals surface area contributed by atoms with E-state index in [4.69, 9.17) is 20.2 Å². The quantitative estimate of drug-likeness (QED) is 0.247. The molecule has 0 spiro atoms. The number of pyridine rings is 1. The molecule has 9 nitrogen and oxygen atoms in total. The number of carboxylic acids is 1. The summed E-state index contributed by atoms with van der Waals surface area (Å²) in [5, 5.41) is 27.0. The number of ether oxygens (including phenoxy) is 1. The van der Waals surface area contributed by atoms with Crippen LogP contribution in [0, 0.1) is 22.7 Å². The van der Waals surface area contributed by atoms with Gasteiger partial charge in [0.15, 0.2) is 5.78 Å². The van der Waals surface area contributed by atoms with Gasteiger partial charge in [-0.2, -0.15) is 5.26 Å². The average molecular weight is 572 g/mol. The molecule has 0 radical (unpaired) electrons. The number of carbonyl (C=O) groups is 2. The molecule has 1 aliphatic carbocycles. The van der Waals surface area contributed by atoms with Crippen LogP contribution in [0.2, 0.25) is 0 Å². The number of carbonyl (C=O) groups excluding carboxylic acids is 1. The van der Waals surface area contributed by atoms with Gasteiger partial charge in [0.25, 0.3) is 0 Å². The number of hydrogen-bond donors (Lipinski definition) is 2. The van der Waals surface area contributed by atoms with Crippen molar-refractivity contribution in [3.05, 3.63) is 52.3 Å². The van der Waals surface area contributed by atoms with E-state index in [2.05, 4.69) is 43.9 Å². The van der Waals surface area contributed by atoms with Crippen LogP contribution >= 0.6 is 0 Å². The number of benzene rings is 1.